The van der Waals surface area contributed by atoms with Crippen molar-refractivity contribution in [2.45, 2.75) is 90.4 Å². The molecule has 3 saturated carbocycles. The molecule has 6 aliphatic rings. The second kappa shape index (κ2) is 8.73. The van der Waals surface area contributed by atoms with E-state index in [0.717, 1.165) is 66.4 Å². The minimum absolute atomic E-state index is 0.0877. The summed E-state index contributed by atoms with van der Waals surface area (Å²) in [6.07, 6.45) is 15.7. The number of carbonyl (C=O) groups is 2. The van der Waals surface area contributed by atoms with Gasteiger partial charge in [0.05, 0.1) is 11.1 Å². The van der Waals surface area contributed by atoms with Crippen molar-refractivity contribution < 1.29 is 19.1 Å². The molecule has 0 aromatic heterocycles. The maximum absolute atomic E-state index is 14.0. The molecule has 1 amide bonds. The molecule has 6 heteroatoms. The Balaban J connectivity index is 1.34. The van der Waals surface area contributed by atoms with Gasteiger partial charge in [-0.25, -0.2) is 0 Å². The average Bonchev–Trinajstić information content (AvgIpc) is 3.28. The molecule has 0 radical (unpaired) electrons. The first-order valence-electron chi connectivity index (χ1n) is 14.4. The van der Waals surface area contributed by atoms with Crippen LogP contribution in [0.15, 0.2) is 22.8 Å². The van der Waals surface area contributed by atoms with Crippen LogP contribution < -0.4 is 9.47 Å². The molecule has 39 heavy (non-hydrogen) atoms. The fourth-order valence-electron chi connectivity index (χ4n) is 8.09. The second-order valence-corrected chi connectivity index (χ2v) is 12.9. The van der Waals surface area contributed by atoms with Gasteiger partial charge in [-0.05, 0) is 90.9 Å². The van der Waals surface area contributed by atoms with Crippen LogP contribution >= 0.6 is 0 Å². The molecule has 4 aliphatic carbocycles. The third-order valence-corrected chi connectivity index (χ3v) is 10.8. The Labute approximate surface area is 232 Å². The number of amides is 1. The van der Waals surface area contributed by atoms with Crippen LogP contribution in [0, 0.1) is 24.7 Å². The second-order valence-electron chi connectivity index (χ2n) is 12.9. The predicted octanol–water partition coefficient (Wildman–Crippen LogP) is 5.35. The van der Waals surface area contributed by atoms with Crippen LogP contribution in [0.5, 0.6) is 11.5 Å². The average molecular weight is 529 g/mol. The van der Waals surface area contributed by atoms with Gasteiger partial charge in [0.15, 0.2) is 17.3 Å². The zero-order chi connectivity index (χ0) is 27.9. The van der Waals surface area contributed by atoms with E-state index < -0.39 is 5.79 Å². The topological polar surface area (TPSA) is 59.1 Å². The van der Waals surface area contributed by atoms with Crippen molar-refractivity contribution in [3.05, 3.63) is 45.0 Å². The number of allylic oxidation sites excluding steroid dienone is 3. The van der Waals surface area contributed by atoms with E-state index in [0.29, 0.717) is 48.6 Å². The van der Waals surface area contributed by atoms with Gasteiger partial charge in [-0.2, -0.15) is 0 Å². The smallest absolute Gasteiger partial charge is 0.254 e. The fourth-order valence-corrected chi connectivity index (χ4v) is 8.09. The predicted molar refractivity (Wildman–Crippen MR) is 151 cm³/mol. The van der Waals surface area contributed by atoms with E-state index in [2.05, 4.69) is 37.9 Å². The van der Waals surface area contributed by atoms with Gasteiger partial charge in [0.2, 0.25) is 0 Å². The number of rotatable bonds is 4. The number of terminal acetylenes is 1. The van der Waals surface area contributed by atoms with E-state index >= 15 is 0 Å². The number of Topliss-reactive ketones (excluding diaryl/α,β-unsaturated/α-hetero) is 1. The van der Waals surface area contributed by atoms with Gasteiger partial charge in [-0.3, -0.25) is 9.59 Å². The maximum Gasteiger partial charge on any atom is 0.254 e. The molecule has 0 N–H and O–H groups in total. The number of hydrogen-bond donors (Lipinski definition) is 0. The molecule has 1 unspecified atom stereocenters. The Bertz CT molecular complexity index is 1380. The molecule has 1 aromatic rings. The van der Waals surface area contributed by atoms with Gasteiger partial charge >= 0.3 is 0 Å². The van der Waals surface area contributed by atoms with E-state index in [9.17, 15) is 9.59 Å². The van der Waals surface area contributed by atoms with E-state index in [-0.39, 0.29) is 22.6 Å². The van der Waals surface area contributed by atoms with Crippen LogP contribution in [0.4, 0.5) is 0 Å². The first-order chi connectivity index (χ1) is 18.4. The first-order valence-corrected chi connectivity index (χ1v) is 14.4. The number of ether oxygens (including phenoxy) is 2. The lowest BCUT2D eigenvalue weighted by molar-refractivity contribution is -0.211. The Hall–Kier alpha value is -3.04. The summed E-state index contributed by atoms with van der Waals surface area (Å²) in [5, 5.41) is 0. The molecule has 3 fully saturated rings. The van der Waals surface area contributed by atoms with Gasteiger partial charge in [-0.15, -0.1) is 6.42 Å². The molecule has 2 aliphatic heterocycles. The van der Waals surface area contributed by atoms with E-state index in [1.165, 1.54) is 0 Å². The van der Waals surface area contributed by atoms with E-state index in [1.54, 1.807) is 4.90 Å². The molecular weight excluding hydrogens is 488 g/mol. The largest absolute Gasteiger partial charge is 0.448 e. The highest BCUT2D eigenvalue weighted by atomic mass is 16.7. The quantitative estimate of drug-likeness (QED) is 0.493. The minimum Gasteiger partial charge on any atom is -0.448 e. The molecule has 2 bridgehead atoms. The van der Waals surface area contributed by atoms with E-state index in [4.69, 9.17) is 15.9 Å². The molecule has 1 atom stereocenters. The third-order valence-electron chi connectivity index (χ3n) is 10.8. The Kier molecular flexibility index (Phi) is 5.86. The maximum atomic E-state index is 14.0. The SMILES string of the molecule is C#Cc1c2c(c(C)c3c1OC(C)(C14CCC(N(C)C)(CC1)CC4)O3)C(=O)N(CC1=C(C)C=C(C)CC1=O)CC2. The van der Waals surface area contributed by atoms with E-state index in [1.807, 2.05) is 20.8 Å². The lowest BCUT2D eigenvalue weighted by Gasteiger charge is -2.59. The van der Waals surface area contributed by atoms with Crippen LogP contribution in [-0.4, -0.2) is 60.0 Å². The zero-order valence-electron chi connectivity index (χ0n) is 24.3. The van der Waals surface area contributed by atoms with Crippen LogP contribution in [0.2, 0.25) is 0 Å². The molecule has 206 valence electrons. The summed E-state index contributed by atoms with van der Waals surface area (Å²) >= 11 is 0. The summed E-state index contributed by atoms with van der Waals surface area (Å²) in [4.78, 5) is 31.0. The Morgan fingerprint density at radius 2 is 1.67 bits per heavy atom. The van der Waals surface area contributed by atoms with Gasteiger partial charge in [0, 0.05) is 48.5 Å². The number of hydrogen-bond acceptors (Lipinski definition) is 5. The molecular formula is C33H40N2O4. The van der Waals surface area contributed by atoms with Crippen molar-refractivity contribution in [3.63, 3.8) is 0 Å². The summed E-state index contributed by atoms with van der Waals surface area (Å²) in [5.74, 6) is 3.30. The van der Waals surface area contributed by atoms with Crippen LogP contribution in [-0.2, 0) is 11.2 Å². The lowest BCUT2D eigenvalue weighted by Crippen LogP contribution is -2.62. The summed E-state index contributed by atoms with van der Waals surface area (Å²) in [7, 11) is 4.40. The molecule has 2 heterocycles. The fraction of sp³-hybridized carbons (Fsp3) is 0.576. The molecule has 7 rings (SSSR count). The van der Waals surface area contributed by atoms with Crippen molar-refractivity contribution in [1.82, 2.24) is 9.80 Å². The van der Waals surface area contributed by atoms with Crippen LogP contribution in [0.1, 0.15) is 92.8 Å². The number of ketones is 1. The Morgan fingerprint density at radius 3 is 2.26 bits per heavy atom. The molecule has 0 spiro atoms. The highest BCUT2D eigenvalue weighted by molar-refractivity contribution is 6.03. The van der Waals surface area contributed by atoms with Crippen molar-refractivity contribution in [2.75, 3.05) is 27.2 Å². The zero-order valence-corrected chi connectivity index (χ0v) is 24.3. The molecule has 0 saturated heterocycles. The standard InChI is InChI=1S/C33H40N2O4/c1-8-23-24-9-16-35(19-25-21(3)17-20(2)18-26(25)36)30(37)27(24)22(4)28-29(23)39-31(5,38-28)32-10-13-33(14-11-32,15-12-32)34(6)7/h1,17H,9-16,18-19H2,2-7H3. The molecule has 6 nitrogen and oxygen atoms in total. The first kappa shape index (κ1) is 26.2. The number of fused-ring (bicyclic) bond motifs is 5. The number of benzene rings is 1. The summed E-state index contributed by atoms with van der Waals surface area (Å²) in [6, 6.07) is 0. The number of carbonyl (C=O) groups excluding carboxylic acids is 2. The summed E-state index contributed by atoms with van der Waals surface area (Å²) in [5.41, 5.74) is 5.85. The normalized spacial score (nSPS) is 31.5. The van der Waals surface area contributed by atoms with Crippen molar-refractivity contribution in [3.8, 4) is 23.8 Å². The van der Waals surface area contributed by atoms with Gasteiger partial charge in [0.1, 0.15) is 0 Å². The summed E-state index contributed by atoms with van der Waals surface area (Å²) in [6.45, 7) is 8.79. The highest BCUT2D eigenvalue weighted by Gasteiger charge is 2.62. The van der Waals surface area contributed by atoms with Crippen LogP contribution in [0.25, 0.3) is 0 Å². The van der Waals surface area contributed by atoms with Crippen LogP contribution in [0.3, 0.4) is 0 Å². The highest BCUT2D eigenvalue weighted by Crippen LogP contribution is 2.63. The Morgan fingerprint density at radius 1 is 1.03 bits per heavy atom. The molecule has 1 aromatic carbocycles. The lowest BCUT2D eigenvalue weighted by atomic mass is 9.54. The van der Waals surface area contributed by atoms with Gasteiger partial charge < -0.3 is 19.3 Å². The van der Waals surface area contributed by atoms with Crippen molar-refractivity contribution in [1.29, 1.82) is 0 Å². The third kappa shape index (κ3) is 3.65. The van der Waals surface area contributed by atoms with Crippen molar-refractivity contribution >= 4 is 11.7 Å². The van der Waals surface area contributed by atoms with Gasteiger partial charge in [-0.1, -0.05) is 17.6 Å². The minimum atomic E-state index is -0.822. The summed E-state index contributed by atoms with van der Waals surface area (Å²) < 4.78 is 13.6. The van der Waals surface area contributed by atoms with Gasteiger partial charge in [0.25, 0.3) is 11.7 Å². The number of nitrogens with zero attached hydrogens (tertiary/aromatic N) is 2. The van der Waals surface area contributed by atoms with Crippen molar-refractivity contribution in [2.24, 2.45) is 5.41 Å². The monoisotopic (exact) mass is 528 g/mol.